The number of halogens is 1. The number of ketones is 1. The van der Waals surface area contributed by atoms with Gasteiger partial charge in [0.15, 0.2) is 5.78 Å². The predicted octanol–water partition coefficient (Wildman–Crippen LogP) is 2.99. The van der Waals surface area contributed by atoms with Gasteiger partial charge in [-0.1, -0.05) is 58.4 Å². The van der Waals surface area contributed by atoms with Gasteiger partial charge in [0, 0.05) is 15.6 Å². The van der Waals surface area contributed by atoms with Crippen LogP contribution >= 0.6 is 15.9 Å². The number of Topliss-reactive ketones (excluding diaryl/α,β-unsaturated/α-hetero) is 1. The van der Waals surface area contributed by atoms with Gasteiger partial charge >= 0.3 is 0 Å². The number of carbonyl (C=O) groups is 1. The van der Waals surface area contributed by atoms with Gasteiger partial charge in [0.1, 0.15) is 6.54 Å². The molecule has 1 heterocycles. The first-order valence-corrected chi connectivity index (χ1v) is 7.14. The fourth-order valence-corrected chi connectivity index (χ4v) is 2.13. The maximum Gasteiger partial charge on any atom is 0.204 e. The van der Waals surface area contributed by atoms with Crippen molar-refractivity contribution in [1.82, 2.24) is 20.2 Å². The highest BCUT2D eigenvalue weighted by atomic mass is 79.9. The summed E-state index contributed by atoms with van der Waals surface area (Å²) in [6.07, 6.45) is 0. The number of carbonyl (C=O) groups excluding carboxylic acids is 1. The second-order valence-electron chi connectivity index (χ2n) is 4.44. The van der Waals surface area contributed by atoms with E-state index in [1.54, 1.807) is 12.1 Å². The Morgan fingerprint density at radius 2 is 1.76 bits per heavy atom. The summed E-state index contributed by atoms with van der Waals surface area (Å²) in [6, 6.07) is 16.7. The molecule has 0 N–H and O–H groups in total. The molecule has 0 aliphatic heterocycles. The SMILES string of the molecule is O=C(Cn1nnc(-c2ccccc2)n1)c1ccc(Br)cc1. The van der Waals surface area contributed by atoms with Crippen LogP contribution in [0.15, 0.2) is 59.1 Å². The van der Waals surface area contributed by atoms with Gasteiger partial charge in [0.05, 0.1) is 0 Å². The van der Waals surface area contributed by atoms with Gasteiger partial charge in [0.25, 0.3) is 0 Å². The van der Waals surface area contributed by atoms with E-state index in [9.17, 15) is 4.79 Å². The third kappa shape index (κ3) is 3.22. The highest BCUT2D eigenvalue weighted by Crippen LogP contribution is 2.13. The minimum Gasteiger partial charge on any atom is -0.292 e. The van der Waals surface area contributed by atoms with E-state index >= 15 is 0 Å². The van der Waals surface area contributed by atoms with Crippen molar-refractivity contribution in [2.75, 3.05) is 0 Å². The van der Waals surface area contributed by atoms with E-state index in [0.29, 0.717) is 11.4 Å². The molecule has 0 fully saturated rings. The van der Waals surface area contributed by atoms with Crippen molar-refractivity contribution >= 4 is 21.7 Å². The number of benzene rings is 2. The topological polar surface area (TPSA) is 60.7 Å². The number of hydrogen-bond donors (Lipinski definition) is 0. The van der Waals surface area contributed by atoms with Crippen molar-refractivity contribution in [2.24, 2.45) is 0 Å². The number of hydrogen-bond acceptors (Lipinski definition) is 4. The molecule has 0 aliphatic rings. The van der Waals surface area contributed by atoms with E-state index in [-0.39, 0.29) is 12.3 Å². The molecule has 3 rings (SSSR count). The van der Waals surface area contributed by atoms with Crippen LogP contribution in [0.3, 0.4) is 0 Å². The Morgan fingerprint density at radius 3 is 2.48 bits per heavy atom. The predicted molar refractivity (Wildman–Crippen MR) is 81.7 cm³/mol. The molecule has 104 valence electrons. The Labute approximate surface area is 129 Å². The summed E-state index contributed by atoms with van der Waals surface area (Å²) in [5.41, 5.74) is 1.50. The van der Waals surface area contributed by atoms with Crippen LogP contribution in [-0.4, -0.2) is 26.0 Å². The Bertz CT molecular complexity index is 753. The summed E-state index contributed by atoms with van der Waals surface area (Å²) in [7, 11) is 0. The van der Waals surface area contributed by atoms with Crippen LogP contribution < -0.4 is 0 Å². The largest absolute Gasteiger partial charge is 0.292 e. The number of aromatic nitrogens is 4. The lowest BCUT2D eigenvalue weighted by atomic mass is 10.1. The molecule has 0 saturated carbocycles. The summed E-state index contributed by atoms with van der Waals surface area (Å²) < 4.78 is 0.935. The van der Waals surface area contributed by atoms with E-state index in [1.165, 1.54) is 4.80 Å². The van der Waals surface area contributed by atoms with Crippen LogP contribution in [0.1, 0.15) is 10.4 Å². The summed E-state index contributed by atoms with van der Waals surface area (Å²) in [5.74, 6) is 0.457. The average molecular weight is 343 g/mol. The zero-order chi connectivity index (χ0) is 14.7. The van der Waals surface area contributed by atoms with Crippen molar-refractivity contribution in [3.05, 3.63) is 64.6 Å². The lowest BCUT2D eigenvalue weighted by Crippen LogP contribution is -2.13. The first-order valence-electron chi connectivity index (χ1n) is 6.34. The first kappa shape index (κ1) is 13.6. The van der Waals surface area contributed by atoms with Crippen molar-refractivity contribution in [3.63, 3.8) is 0 Å². The highest BCUT2D eigenvalue weighted by Gasteiger charge is 2.10. The van der Waals surface area contributed by atoms with Crippen molar-refractivity contribution in [3.8, 4) is 11.4 Å². The minimum atomic E-state index is -0.0560. The molecule has 0 spiro atoms. The van der Waals surface area contributed by atoms with Gasteiger partial charge in [0.2, 0.25) is 5.82 Å². The summed E-state index contributed by atoms with van der Waals surface area (Å²) in [5, 5.41) is 12.1. The Kier molecular flexibility index (Phi) is 3.87. The van der Waals surface area contributed by atoms with Gasteiger partial charge in [-0.05, 0) is 17.3 Å². The zero-order valence-corrected chi connectivity index (χ0v) is 12.6. The molecule has 0 saturated heterocycles. The minimum absolute atomic E-state index is 0.0560. The van der Waals surface area contributed by atoms with Crippen LogP contribution in [0.25, 0.3) is 11.4 Å². The summed E-state index contributed by atoms with van der Waals surface area (Å²) in [4.78, 5) is 13.4. The molecule has 0 aliphatic carbocycles. The first-order chi connectivity index (χ1) is 10.2. The van der Waals surface area contributed by atoms with Crippen molar-refractivity contribution in [2.45, 2.75) is 6.54 Å². The van der Waals surface area contributed by atoms with Crippen LogP contribution in [0.2, 0.25) is 0 Å². The molecule has 0 radical (unpaired) electrons. The molecule has 2 aromatic carbocycles. The van der Waals surface area contributed by atoms with Crippen LogP contribution in [-0.2, 0) is 6.54 Å². The fourth-order valence-electron chi connectivity index (χ4n) is 1.87. The standard InChI is InChI=1S/C15H11BrN4O/c16-13-8-6-11(7-9-13)14(21)10-20-18-15(17-19-20)12-4-2-1-3-5-12/h1-9H,10H2. The fraction of sp³-hybridized carbons (Fsp3) is 0.0667. The van der Waals surface area contributed by atoms with E-state index < -0.39 is 0 Å². The normalized spacial score (nSPS) is 10.5. The average Bonchev–Trinajstić information content (AvgIpc) is 2.97. The second kappa shape index (κ2) is 5.97. The molecule has 5 nitrogen and oxygen atoms in total. The van der Waals surface area contributed by atoms with E-state index in [1.807, 2.05) is 42.5 Å². The number of nitrogens with zero attached hydrogens (tertiary/aromatic N) is 4. The number of tetrazole rings is 1. The Hall–Kier alpha value is -2.34. The molecule has 6 heteroatoms. The third-order valence-electron chi connectivity index (χ3n) is 2.94. The summed E-state index contributed by atoms with van der Waals surface area (Å²) in [6.45, 7) is 0.0709. The summed E-state index contributed by atoms with van der Waals surface area (Å²) >= 11 is 3.34. The van der Waals surface area contributed by atoms with Crippen LogP contribution in [0, 0.1) is 0 Å². The monoisotopic (exact) mass is 342 g/mol. The third-order valence-corrected chi connectivity index (χ3v) is 3.46. The van der Waals surface area contributed by atoms with Crippen LogP contribution in [0.4, 0.5) is 0 Å². The Balaban J connectivity index is 1.75. The highest BCUT2D eigenvalue weighted by molar-refractivity contribution is 9.10. The smallest absolute Gasteiger partial charge is 0.204 e. The molecular weight excluding hydrogens is 332 g/mol. The maximum atomic E-state index is 12.1. The van der Waals surface area contributed by atoms with Gasteiger partial charge in [-0.15, -0.1) is 10.2 Å². The van der Waals surface area contributed by atoms with Crippen molar-refractivity contribution in [1.29, 1.82) is 0 Å². The maximum absolute atomic E-state index is 12.1. The van der Waals surface area contributed by atoms with E-state index in [2.05, 4.69) is 31.3 Å². The Morgan fingerprint density at radius 1 is 1.05 bits per heavy atom. The van der Waals surface area contributed by atoms with Gasteiger partial charge in [-0.3, -0.25) is 4.79 Å². The molecule has 21 heavy (non-hydrogen) atoms. The van der Waals surface area contributed by atoms with Crippen LogP contribution in [0.5, 0.6) is 0 Å². The second-order valence-corrected chi connectivity index (χ2v) is 5.36. The van der Waals surface area contributed by atoms with Crippen molar-refractivity contribution < 1.29 is 4.79 Å². The lowest BCUT2D eigenvalue weighted by molar-refractivity contribution is 0.0961. The zero-order valence-electron chi connectivity index (χ0n) is 11.0. The molecule has 0 unspecified atom stereocenters. The quantitative estimate of drug-likeness (QED) is 0.684. The molecule has 1 aromatic heterocycles. The molecule has 3 aromatic rings. The molecular formula is C15H11BrN4O. The number of rotatable bonds is 4. The van der Waals surface area contributed by atoms with Gasteiger partial charge < -0.3 is 0 Å². The lowest BCUT2D eigenvalue weighted by Gasteiger charge is -1.99. The molecule has 0 atom stereocenters. The van der Waals surface area contributed by atoms with E-state index in [4.69, 9.17) is 0 Å². The van der Waals surface area contributed by atoms with E-state index in [0.717, 1.165) is 10.0 Å². The van der Waals surface area contributed by atoms with Gasteiger partial charge in [-0.2, -0.15) is 4.80 Å². The van der Waals surface area contributed by atoms with Gasteiger partial charge in [-0.25, -0.2) is 0 Å². The molecule has 0 amide bonds. The molecule has 0 bridgehead atoms.